The fraction of sp³-hybridized carbons (Fsp3) is 0.533. The van der Waals surface area contributed by atoms with Crippen molar-refractivity contribution in [3.63, 3.8) is 0 Å². The lowest BCUT2D eigenvalue weighted by Crippen LogP contribution is -2.32. The number of ether oxygens (including phenoxy) is 1. The number of benzene rings is 1. The Morgan fingerprint density at radius 2 is 2.11 bits per heavy atom. The van der Waals surface area contributed by atoms with Crippen molar-refractivity contribution in [3.8, 4) is 0 Å². The Balaban J connectivity index is 2.10. The van der Waals surface area contributed by atoms with E-state index in [1.807, 2.05) is 19.9 Å². The third-order valence-electron chi connectivity index (χ3n) is 3.14. The van der Waals surface area contributed by atoms with E-state index in [1.165, 1.54) is 17.7 Å². The second kappa shape index (κ2) is 5.89. The lowest BCUT2D eigenvalue weighted by atomic mass is 10.1. The number of rotatable bonds is 3. The molecule has 0 unspecified atom stereocenters. The average Bonchev–Trinajstić information content (AvgIpc) is 2.51. The second-order valence-corrected chi connectivity index (χ2v) is 5.05. The SMILES string of the molecule is CC(C)OC(=O)CN1CCCCc2ccccc21. The summed E-state index contributed by atoms with van der Waals surface area (Å²) in [5.41, 5.74) is 2.53. The summed E-state index contributed by atoms with van der Waals surface area (Å²) >= 11 is 0. The smallest absolute Gasteiger partial charge is 0.325 e. The van der Waals surface area contributed by atoms with E-state index in [0.717, 1.165) is 19.4 Å². The first-order valence-corrected chi connectivity index (χ1v) is 6.69. The fourth-order valence-corrected chi connectivity index (χ4v) is 2.39. The number of carbonyl (C=O) groups excluding carboxylic acids is 1. The summed E-state index contributed by atoms with van der Waals surface area (Å²) in [5, 5.41) is 0. The van der Waals surface area contributed by atoms with E-state index in [4.69, 9.17) is 4.74 Å². The molecule has 1 aliphatic rings. The van der Waals surface area contributed by atoms with E-state index < -0.39 is 0 Å². The number of hydrogen-bond acceptors (Lipinski definition) is 3. The summed E-state index contributed by atoms with van der Waals surface area (Å²) in [6.45, 7) is 5.06. The van der Waals surface area contributed by atoms with Crippen LogP contribution in [0, 0.1) is 0 Å². The van der Waals surface area contributed by atoms with Crippen LogP contribution in [0.1, 0.15) is 32.3 Å². The molecule has 0 saturated carbocycles. The van der Waals surface area contributed by atoms with Gasteiger partial charge in [0.15, 0.2) is 0 Å². The first-order chi connectivity index (χ1) is 8.66. The number of anilines is 1. The molecule has 1 aliphatic heterocycles. The molecule has 3 nitrogen and oxygen atoms in total. The number of esters is 1. The minimum atomic E-state index is -0.137. The molecular formula is C15H21NO2. The number of para-hydroxylation sites is 1. The van der Waals surface area contributed by atoms with E-state index >= 15 is 0 Å². The lowest BCUT2D eigenvalue weighted by molar-refractivity contribution is -0.145. The molecule has 0 radical (unpaired) electrons. The van der Waals surface area contributed by atoms with Gasteiger partial charge in [-0.1, -0.05) is 18.2 Å². The van der Waals surface area contributed by atoms with Gasteiger partial charge >= 0.3 is 5.97 Å². The van der Waals surface area contributed by atoms with Crippen LogP contribution in [-0.4, -0.2) is 25.2 Å². The molecule has 0 fully saturated rings. The van der Waals surface area contributed by atoms with Crippen LogP contribution in [0.4, 0.5) is 5.69 Å². The summed E-state index contributed by atoms with van der Waals surface area (Å²) < 4.78 is 5.23. The van der Waals surface area contributed by atoms with Gasteiger partial charge in [-0.25, -0.2) is 0 Å². The molecule has 3 heteroatoms. The van der Waals surface area contributed by atoms with Gasteiger partial charge in [0.25, 0.3) is 0 Å². The number of carbonyl (C=O) groups is 1. The standard InChI is InChI=1S/C15H21NO2/c1-12(2)18-15(17)11-16-10-6-5-8-13-7-3-4-9-14(13)16/h3-4,7,9,12H,5-6,8,10-11H2,1-2H3. The fourth-order valence-electron chi connectivity index (χ4n) is 2.39. The Bertz CT molecular complexity index is 415. The van der Waals surface area contributed by atoms with Crippen LogP contribution in [0.2, 0.25) is 0 Å². The van der Waals surface area contributed by atoms with Gasteiger partial charge in [0.05, 0.1) is 6.10 Å². The first kappa shape index (κ1) is 12.9. The van der Waals surface area contributed by atoms with Crippen LogP contribution in [0.5, 0.6) is 0 Å². The highest BCUT2D eigenvalue weighted by atomic mass is 16.5. The predicted octanol–water partition coefficient (Wildman–Crippen LogP) is 2.78. The molecule has 0 spiro atoms. The van der Waals surface area contributed by atoms with E-state index in [-0.39, 0.29) is 12.1 Å². The van der Waals surface area contributed by atoms with E-state index in [9.17, 15) is 4.79 Å². The normalized spacial score (nSPS) is 15.2. The zero-order chi connectivity index (χ0) is 13.0. The van der Waals surface area contributed by atoms with Crippen molar-refractivity contribution in [1.82, 2.24) is 0 Å². The number of hydrogen-bond donors (Lipinski definition) is 0. The van der Waals surface area contributed by atoms with Gasteiger partial charge in [0.2, 0.25) is 0 Å². The molecular weight excluding hydrogens is 226 g/mol. The summed E-state index contributed by atoms with van der Waals surface area (Å²) in [4.78, 5) is 13.9. The quantitative estimate of drug-likeness (QED) is 0.769. The number of nitrogens with zero attached hydrogens (tertiary/aromatic N) is 1. The number of fused-ring (bicyclic) bond motifs is 1. The minimum absolute atomic E-state index is 0.0419. The van der Waals surface area contributed by atoms with E-state index in [2.05, 4.69) is 23.1 Å². The summed E-state index contributed by atoms with van der Waals surface area (Å²) in [7, 11) is 0. The zero-order valence-corrected chi connectivity index (χ0v) is 11.2. The van der Waals surface area contributed by atoms with Crippen LogP contribution >= 0.6 is 0 Å². The van der Waals surface area contributed by atoms with Crippen molar-refractivity contribution in [1.29, 1.82) is 0 Å². The molecule has 2 rings (SSSR count). The topological polar surface area (TPSA) is 29.5 Å². The lowest BCUT2D eigenvalue weighted by Gasteiger charge is -2.24. The third-order valence-corrected chi connectivity index (χ3v) is 3.14. The van der Waals surface area contributed by atoms with Crippen LogP contribution in [0.25, 0.3) is 0 Å². The molecule has 0 amide bonds. The maximum Gasteiger partial charge on any atom is 0.325 e. The highest BCUT2D eigenvalue weighted by molar-refractivity contribution is 5.76. The van der Waals surface area contributed by atoms with Crippen molar-refractivity contribution in [2.75, 3.05) is 18.0 Å². The monoisotopic (exact) mass is 247 g/mol. The van der Waals surface area contributed by atoms with Gasteiger partial charge in [-0.05, 0) is 44.7 Å². The Kier molecular flexibility index (Phi) is 4.24. The first-order valence-electron chi connectivity index (χ1n) is 6.69. The van der Waals surface area contributed by atoms with Crippen molar-refractivity contribution in [2.45, 2.75) is 39.2 Å². The summed E-state index contributed by atoms with van der Waals surface area (Å²) in [5.74, 6) is -0.137. The summed E-state index contributed by atoms with van der Waals surface area (Å²) in [6, 6.07) is 8.35. The van der Waals surface area contributed by atoms with Crippen molar-refractivity contribution in [3.05, 3.63) is 29.8 Å². The third kappa shape index (κ3) is 3.25. The molecule has 1 heterocycles. The van der Waals surface area contributed by atoms with Crippen molar-refractivity contribution >= 4 is 11.7 Å². The van der Waals surface area contributed by atoms with E-state index in [1.54, 1.807) is 0 Å². The molecule has 0 aromatic heterocycles. The van der Waals surface area contributed by atoms with Gasteiger partial charge in [-0.2, -0.15) is 0 Å². The second-order valence-electron chi connectivity index (χ2n) is 5.05. The minimum Gasteiger partial charge on any atom is -0.462 e. The summed E-state index contributed by atoms with van der Waals surface area (Å²) in [6.07, 6.45) is 3.38. The molecule has 0 saturated heterocycles. The Morgan fingerprint density at radius 3 is 2.89 bits per heavy atom. The van der Waals surface area contributed by atoms with Crippen LogP contribution in [0.15, 0.2) is 24.3 Å². The van der Waals surface area contributed by atoms with Gasteiger partial charge < -0.3 is 9.64 Å². The van der Waals surface area contributed by atoms with Crippen LogP contribution in [0.3, 0.4) is 0 Å². The highest BCUT2D eigenvalue weighted by Crippen LogP contribution is 2.25. The molecule has 1 aromatic rings. The number of aryl methyl sites for hydroxylation is 1. The predicted molar refractivity (Wildman–Crippen MR) is 72.8 cm³/mol. The molecule has 1 aromatic carbocycles. The highest BCUT2D eigenvalue weighted by Gasteiger charge is 2.18. The Morgan fingerprint density at radius 1 is 1.33 bits per heavy atom. The van der Waals surface area contributed by atoms with Gasteiger partial charge in [0, 0.05) is 12.2 Å². The molecule has 0 atom stereocenters. The van der Waals surface area contributed by atoms with Crippen LogP contribution < -0.4 is 4.90 Å². The molecule has 18 heavy (non-hydrogen) atoms. The van der Waals surface area contributed by atoms with Gasteiger partial charge in [-0.3, -0.25) is 4.79 Å². The average molecular weight is 247 g/mol. The maximum absolute atomic E-state index is 11.8. The Labute approximate surface area is 109 Å². The zero-order valence-electron chi connectivity index (χ0n) is 11.2. The van der Waals surface area contributed by atoms with Gasteiger partial charge in [0.1, 0.15) is 6.54 Å². The molecule has 0 bridgehead atoms. The van der Waals surface area contributed by atoms with Gasteiger partial charge in [-0.15, -0.1) is 0 Å². The maximum atomic E-state index is 11.8. The molecule has 0 aliphatic carbocycles. The van der Waals surface area contributed by atoms with Crippen LogP contribution in [-0.2, 0) is 16.0 Å². The largest absolute Gasteiger partial charge is 0.462 e. The van der Waals surface area contributed by atoms with Crippen molar-refractivity contribution < 1.29 is 9.53 Å². The molecule has 98 valence electrons. The van der Waals surface area contributed by atoms with Crippen molar-refractivity contribution in [2.24, 2.45) is 0 Å². The van der Waals surface area contributed by atoms with E-state index in [0.29, 0.717) is 6.54 Å². The molecule has 0 N–H and O–H groups in total. The Hall–Kier alpha value is -1.51.